The number of fused-ring (bicyclic) bond motifs is 1. The number of likely N-dealkylation sites (tertiary alicyclic amines) is 1. The number of nitrogens with zero attached hydrogens (tertiary/aromatic N) is 4. The molecule has 3 fully saturated rings. The monoisotopic (exact) mass is 479 g/mol. The van der Waals surface area contributed by atoms with Gasteiger partial charge >= 0.3 is 5.97 Å². The average molecular weight is 480 g/mol. The number of aliphatic carboxylic acids is 1. The van der Waals surface area contributed by atoms with Crippen LogP contribution in [0.5, 0.6) is 0 Å². The van der Waals surface area contributed by atoms with Gasteiger partial charge in [-0.1, -0.05) is 6.92 Å². The van der Waals surface area contributed by atoms with Gasteiger partial charge in [0.05, 0.1) is 30.4 Å². The Morgan fingerprint density at radius 2 is 1.97 bits per heavy atom. The van der Waals surface area contributed by atoms with Crippen LogP contribution in [-0.4, -0.2) is 117 Å². The van der Waals surface area contributed by atoms with Crippen LogP contribution >= 0.6 is 11.8 Å². The highest BCUT2D eigenvalue weighted by molar-refractivity contribution is 8.03. The molecule has 33 heavy (non-hydrogen) atoms. The molecule has 182 valence electrons. The van der Waals surface area contributed by atoms with E-state index < -0.39 is 18.0 Å². The van der Waals surface area contributed by atoms with E-state index >= 15 is 0 Å². The van der Waals surface area contributed by atoms with Gasteiger partial charge in [-0.05, 0) is 26.8 Å². The highest BCUT2D eigenvalue weighted by Crippen LogP contribution is 2.52. The number of nitrogens with one attached hydrogen (secondary N) is 1. The zero-order valence-corrected chi connectivity index (χ0v) is 20.1. The first-order valence-corrected chi connectivity index (χ1v) is 12.4. The van der Waals surface area contributed by atoms with Gasteiger partial charge in [0, 0.05) is 48.8 Å². The number of carbonyl (C=O) groups excluding carboxylic acids is 2. The van der Waals surface area contributed by atoms with Crippen LogP contribution < -0.4 is 0 Å². The van der Waals surface area contributed by atoms with Crippen molar-refractivity contribution in [3.05, 3.63) is 10.6 Å². The number of likely N-dealkylation sites (N-methyl/N-ethyl adjacent to an activating group) is 1. The van der Waals surface area contributed by atoms with Crippen molar-refractivity contribution >= 4 is 35.9 Å². The highest BCUT2D eigenvalue weighted by Gasteiger charge is 2.60. The summed E-state index contributed by atoms with van der Waals surface area (Å²) in [6.07, 6.45) is 1.95. The predicted molar refractivity (Wildman–Crippen MR) is 124 cm³/mol. The van der Waals surface area contributed by atoms with Gasteiger partial charge in [0.1, 0.15) is 5.70 Å². The molecule has 0 spiro atoms. The summed E-state index contributed by atoms with van der Waals surface area (Å²) in [6, 6.07) is -0.583. The summed E-state index contributed by atoms with van der Waals surface area (Å²) >= 11 is 1.48. The van der Waals surface area contributed by atoms with Gasteiger partial charge in [-0.2, -0.15) is 0 Å². The van der Waals surface area contributed by atoms with Crippen molar-refractivity contribution in [3.63, 3.8) is 0 Å². The van der Waals surface area contributed by atoms with Gasteiger partial charge in [-0.15, -0.1) is 11.8 Å². The first kappa shape index (κ1) is 24.0. The fourth-order valence-electron chi connectivity index (χ4n) is 5.68. The summed E-state index contributed by atoms with van der Waals surface area (Å²) in [4.78, 5) is 45.7. The van der Waals surface area contributed by atoms with Crippen molar-refractivity contribution in [2.24, 2.45) is 11.8 Å². The van der Waals surface area contributed by atoms with E-state index in [2.05, 4.69) is 0 Å². The summed E-state index contributed by atoms with van der Waals surface area (Å²) in [5.74, 6) is -2.10. The lowest BCUT2D eigenvalue weighted by Crippen LogP contribution is -2.63. The third kappa shape index (κ3) is 4.15. The molecule has 0 radical (unpaired) electrons. The molecule has 3 saturated heterocycles. The lowest BCUT2D eigenvalue weighted by Gasteiger charge is -2.46. The Morgan fingerprint density at radius 3 is 2.61 bits per heavy atom. The zero-order valence-electron chi connectivity index (χ0n) is 19.3. The fourth-order valence-corrected chi connectivity index (χ4v) is 7.28. The van der Waals surface area contributed by atoms with Crippen LogP contribution in [0.4, 0.5) is 0 Å². The Hall–Kier alpha value is -2.11. The van der Waals surface area contributed by atoms with Crippen LogP contribution in [0.2, 0.25) is 0 Å². The minimum Gasteiger partial charge on any atom is -0.477 e. The molecule has 6 atom stereocenters. The van der Waals surface area contributed by atoms with Crippen LogP contribution in [0.15, 0.2) is 10.6 Å². The number of amides is 2. The molecule has 10 nitrogen and oxygen atoms in total. The van der Waals surface area contributed by atoms with E-state index in [4.69, 9.17) is 5.41 Å². The first-order valence-electron chi connectivity index (χ1n) is 11.5. The van der Waals surface area contributed by atoms with Gasteiger partial charge in [0.2, 0.25) is 11.8 Å². The number of carboxylic acid groups (broad SMARTS) is 1. The van der Waals surface area contributed by atoms with Crippen molar-refractivity contribution in [1.29, 1.82) is 5.41 Å². The molecule has 11 heteroatoms. The van der Waals surface area contributed by atoms with Crippen LogP contribution in [0.3, 0.4) is 0 Å². The van der Waals surface area contributed by atoms with Gasteiger partial charge in [0.25, 0.3) is 0 Å². The molecule has 3 N–H and O–H groups in total. The number of β-lactam (4-membered cyclic amide) rings is 1. The van der Waals surface area contributed by atoms with E-state index in [1.54, 1.807) is 6.92 Å². The van der Waals surface area contributed by atoms with E-state index in [1.165, 1.54) is 23.0 Å². The molecule has 0 aliphatic carbocycles. The lowest BCUT2D eigenvalue weighted by atomic mass is 9.79. The van der Waals surface area contributed by atoms with E-state index in [0.717, 1.165) is 13.0 Å². The molecule has 0 aromatic carbocycles. The lowest BCUT2D eigenvalue weighted by molar-refractivity contribution is -0.163. The molecule has 4 aliphatic rings. The minimum atomic E-state index is -1.12. The van der Waals surface area contributed by atoms with E-state index in [9.17, 15) is 24.6 Å². The predicted octanol–water partition coefficient (Wildman–Crippen LogP) is 0.0874. The quantitative estimate of drug-likeness (QED) is 0.278. The second-order valence-corrected chi connectivity index (χ2v) is 10.9. The largest absolute Gasteiger partial charge is 0.477 e. The first-order chi connectivity index (χ1) is 15.6. The third-order valence-corrected chi connectivity index (χ3v) is 8.92. The molecule has 0 aromatic heterocycles. The maximum absolute atomic E-state index is 13.3. The molecule has 0 aromatic rings. The van der Waals surface area contributed by atoms with Crippen LogP contribution in [0, 0.1) is 17.2 Å². The Morgan fingerprint density at radius 1 is 1.24 bits per heavy atom. The van der Waals surface area contributed by atoms with E-state index in [1.807, 2.05) is 28.7 Å². The number of carboxylic acids is 1. The molecule has 4 rings (SSSR count). The molecule has 0 saturated carbocycles. The zero-order chi connectivity index (χ0) is 24.0. The summed E-state index contributed by atoms with van der Waals surface area (Å²) < 4.78 is 0. The topological polar surface area (TPSA) is 128 Å². The van der Waals surface area contributed by atoms with E-state index in [-0.39, 0.29) is 40.8 Å². The number of carbonyl (C=O) groups is 3. The Bertz CT molecular complexity index is 879. The van der Waals surface area contributed by atoms with Crippen molar-refractivity contribution in [3.8, 4) is 0 Å². The molecule has 4 aliphatic heterocycles. The maximum Gasteiger partial charge on any atom is 0.353 e. The number of hydrogen-bond acceptors (Lipinski definition) is 7. The third-order valence-electron chi connectivity index (χ3n) is 7.42. The Balaban J connectivity index is 1.46. The molecular formula is C22H33N5O5S. The number of rotatable bonds is 6. The number of hydrogen-bond donors (Lipinski definition) is 3. The normalized spacial score (nSPS) is 33.6. The van der Waals surface area contributed by atoms with Crippen molar-refractivity contribution in [2.45, 2.75) is 50.1 Å². The SMILES string of the molecule is CC(O)[C@H]1C(=O)N2C(C(=O)O)=C(S[C@H]3C[C@@H](C(=O)N4CCCN(C=N)CC4)N(C)C3)[C@H](C)[C@H]12. The Labute approximate surface area is 198 Å². The maximum atomic E-state index is 13.3. The van der Waals surface area contributed by atoms with Crippen molar-refractivity contribution in [1.82, 2.24) is 19.6 Å². The summed E-state index contributed by atoms with van der Waals surface area (Å²) in [7, 11) is 1.93. The Kier molecular flexibility index (Phi) is 6.75. The molecule has 2 amide bonds. The summed E-state index contributed by atoms with van der Waals surface area (Å²) in [5.41, 5.74) is 0.0380. The van der Waals surface area contributed by atoms with Gasteiger partial charge in [-0.25, -0.2) is 4.79 Å². The summed E-state index contributed by atoms with van der Waals surface area (Å²) in [5, 5.41) is 27.4. The molecule has 0 bridgehead atoms. The average Bonchev–Trinajstić information content (AvgIpc) is 3.10. The molecular weight excluding hydrogens is 446 g/mol. The second-order valence-electron chi connectivity index (χ2n) is 9.55. The van der Waals surface area contributed by atoms with Crippen molar-refractivity contribution in [2.75, 3.05) is 39.8 Å². The van der Waals surface area contributed by atoms with Gasteiger partial charge in [0.15, 0.2) is 0 Å². The van der Waals surface area contributed by atoms with Crippen molar-refractivity contribution < 1.29 is 24.6 Å². The number of aliphatic hydroxyl groups excluding tert-OH is 1. The fraction of sp³-hybridized carbons (Fsp3) is 0.727. The van der Waals surface area contributed by atoms with Gasteiger partial charge < -0.3 is 24.9 Å². The number of thioether (sulfide) groups is 1. The highest BCUT2D eigenvalue weighted by atomic mass is 32.2. The van der Waals surface area contributed by atoms with Crippen LogP contribution in [-0.2, 0) is 14.4 Å². The molecule has 1 unspecified atom stereocenters. The van der Waals surface area contributed by atoms with Gasteiger partial charge in [-0.3, -0.25) is 19.9 Å². The standard InChI is InChI=1S/C22H33N5O5S/c1-12-17-16(13(2)28)21(30)27(17)18(22(31)32)19(12)33-14-9-15(24(3)10-14)20(29)26-6-4-5-25(11-23)7-8-26/h11-17,23,28H,4-10H2,1-3H3,(H,31,32)/t12-,13?,14+,15+,16-,17-/m1/s1. The van der Waals surface area contributed by atoms with E-state index in [0.29, 0.717) is 37.5 Å². The second kappa shape index (κ2) is 9.27. The summed E-state index contributed by atoms with van der Waals surface area (Å²) in [6.45, 7) is 6.86. The van der Waals surface area contributed by atoms with Crippen LogP contribution in [0.1, 0.15) is 26.7 Å². The molecule has 4 heterocycles. The smallest absolute Gasteiger partial charge is 0.353 e. The number of aliphatic hydroxyl groups is 1. The minimum absolute atomic E-state index is 0.0380. The van der Waals surface area contributed by atoms with Crippen LogP contribution in [0.25, 0.3) is 0 Å².